The zero-order valence-electron chi connectivity index (χ0n) is 12.1. The molecular formula is C16H20ClNO3. The topological polar surface area (TPSA) is 49.8 Å². The fraction of sp³-hybridized carbons (Fsp3) is 0.438. The first-order valence-corrected chi connectivity index (χ1v) is 7.47. The van der Waals surface area contributed by atoms with E-state index < -0.39 is 5.97 Å². The number of hydrogen-bond acceptors (Lipinski definition) is 3. The van der Waals surface area contributed by atoms with Crippen LogP contribution in [0.2, 0.25) is 5.02 Å². The van der Waals surface area contributed by atoms with Crippen LogP contribution in [0.5, 0.6) is 0 Å². The van der Waals surface area contributed by atoms with Crippen molar-refractivity contribution >= 4 is 29.3 Å². The van der Waals surface area contributed by atoms with Crippen LogP contribution in [-0.4, -0.2) is 37.4 Å². The lowest BCUT2D eigenvalue weighted by molar-refractivity contribution is -0.131. The molecule has 1 aromatic carbocycles. The minimum absolute atomic E-state index is 0.232. The average Bonchev–Trinajstić information content (AvgIpc) is 2.46. The van der Waals surface area contributed by atoms with E-state index in [1.807, 2.05) is 19.2 Å². The molecule has 0 aliphatic carbocycles. The number of aliphatic carboxylic acids is 1. The number of ether oxygens (including phenoxy) is 1. The van der Waals surface area contributed by atoms with Crippen LogP contribution in [0, 0.1) is 0 Å². The normalized spacial score (nSPS) is 18.9. The maximum Gasteiger partial charge on any atom is 0.328 e. The summed E-state index contributed by atoms with van der Waals surface area (Å²) in [5.74, 6) is -0.973. The van der Waals surface area contributed by atoms with Crippen LogP contribution in [0.15, 0.2) is 24.3 Å². The first kappa shape index (κ1) is 15.9. The summed E-state index contributed by atoms with van der Waals surface area (Å²) < 4.78 is 5.75. The lowest BCUT2D eigenvalue weighted by atomic mass is 10.1. The van der Waals surface area contributed by atoms with Gasteiger partial charge < -0.3 is 14.7 Å². The quantitative estimate of drug-likeness (QED) is 0.846. The molecule has 0 radical (unpaired) electrons. The summed E-state index contributed by atoms with van der Waals surface area (Å²) in [6.07, 6.45) is 6.33. The number of hydrogen-bond donors (Lipinski definition) is 1. The summed E-state index contributed by atoms with van der Waals surface area (Å²) in [5, 5.41) is 9.37. The van der Waals surface area contributed by atoms with Gasteiger partial charge in [-0.15, -0.1) is 0 Å². The molecule has 0 bridgehead atoms. The van der Waals surface area contributed by atoms with E-state index in [1.165, 1.54) is 6.42 Å². The van der Waals surface area contributed by atoms with Crippen molar-refractivity contribution in [3.05, 3.63) is 34.9 Å². The van der Waals surface area contributed by atoms with Crippen LogP contribution in [0.4, 0.5) is 5.69 Å². The number of nitrogens with zero attached hydrogens (tertiary/aromatic N) is 1. The maximum absolute atomic E-state index is 10.7. The first-order chi connectivity index (χ1) is 10.1. The molecule has 21 heavy (non-hydrogen) atoms. The van der Waals surface area contributed by atoms with E-state index in [0.717, 1.165) is 43.3 Å². The van der Waals surface area contributed by atoms with Gasteiger partial charge in [0.15, 0.2) is 0 Å². The molecule has 0 aromatic heterocycles. The van der Waals surface area contributed by atoms with Gasteiger partial charge in [0.25, 0.3) is 0 Å². The molecule has 114 valence electrons. The van der Waals surface area contributed by atoms with Crippen LogP contribution in [0.3, 0.4) is 0 Å². The van der Waals surface area contributed by atoms with Crippen LogP contribution >= 0.6 is 11.6 Å². The second-order valence-electron chi connectivity index (χ2n) is 5.24. The fourth-order valence-electron chi connectivity index (χ4n) is 2.52. The van der Waals surface area contributed by atoms with Crippen molar-refractivity contribution in [3.8, 4) is 0 Å². The summed E-state index contributed by atoms with van der Waals surface area (Å²) in [7, 11) is 1.99. The molecule has 1 heterocycles. The molecule has 1 N–H and O–H groups in total. The zero-order valence-corrected chi connectivity index (χ0v) is 12.8. The number of carbonyl (C=O) groups is 1. The molecule has 2 rings (SSSR count). The zero-order chi connectivity index (χ0) is 15.2. The highest BCUT2D eigenvalue weighted by Gasteiger charge is 2.17. The highest BCUT2D eigenvalue weighted by atomic mass is 35.5. The number of carboxylic acids is 1. The van der Waals surface area contributed by atoms with Gasteiger partial charge in [-0.2, -0.15) is 0 Å². The Kier molecular flexibility index (Phi) is 5.65. The molecule has 1 aliphatic heterocycles. The Labute approximate surface area is 130 Å². The average molecular weight is 310 g/mol. The predicted octanol–water partition coefficient (Wildman–Crippen LogP) is 3.44. The summed E-state index contributed by atoms with van der Waals surface area (Å²) in [6.45, 7) is 1.61. The van der Waals surface area contributed by atoms with Gasteiger partial charge in [-0.1, -0.05) is 11.6 Å². The summed E-state index contributed by atoms with van der Waals surface area (Å²) in [6, 6.07) is 5.49. The highest BCUT2D eigenvalue weighted by Crippen LogP contribution is 2.26. The van der Waals surface area contributed by atoms with Crippen molar-refractivity contribution in [2.24, 2.45) is 0 Å². The van der Waals surface area contributed by atoms with E-state index in [0.29, 0.717) is 5.02 Å². The number of halogens is 1. The second-order valence-corrected chi connectivity index (χ2v) is 5.68. The summed E-state index contributed by atoms with van der Waals surface area (Å²) in [5.41, 5.74) is 1.74. The Bertz CT molecular complexity index is 524. The SMILES string of the molecule is CN(CC1CCCCO1)c1ccc(Cl)cc1/C=C/C(=O)O. The second kappa shape index (κ2) is 7.48. The molecule has 1 aromatic rings. The number of likely N-dealkylation sites (N-methyl/N-ethyl adjacent to an activating group) is 1. The van der Waals surface area contributed by atoms with Crippen molar-refractivity contribution in [2.45, 2.75) is 25.4 Å². The van der Waals surface area contributed by atoms with Crippen molar-refractivity contribution in [1.29, 1.82) is 0 Å². The lowest BCUT2D eigenvalue weighted by Crippen LogP contribution is -2.33. The summed E-state index contributed by atoms with van der Waals surface area (Å²) >= 11 is 6.00. The Morgan fingerprint density at radius 1 is 1.52 bits per heavy atom. The van der Waals surface area contributed by atoms with Crippen molar-refractivity contribution in [3.63, 3.8) is 0 Å². The van der Waals surface area contributed by atoms with Gasteiger partial charge in [-0.3, -0.25) is 0 Å². The number of carboxylic acid groups (broad SMARTS) is 1. The monoisotopic (exact) mass is 309 g/mol. The Morgan fingerprint density at radius 3 is 3.00 bits per heavy atom. The van der Waals surface area contributed by atoms with Gasteiger partial charge in [0.2, 0.25) is 0 Å². The largest absolute Gasteiger partial charge is 0.478 e. The standard InChI is InChI=1S/C16H20ClNO3/c1-18(11-14-4-2-3-9-21-14)15-7-6-13(17)10-12(15)5-8-16(19)20/h5-8,10,14H,2-4,9,11H2,1H3,(H,19,20)/b8-5+. The van der Waals surface area contributed by atoms with Gasteiger partial charge in [0.05, 0.1) is 6.10 Å². The van der Waals surface area contributed by atoms with Crippen molar-refractivity contribution < 1.29 is 14.6 Å². The van der Waals surface area contributed by atoms with E-state index in [4.69, 9.17) is 21.4 Å². The van der Waals surface area contributed by atoms with Gasteiger partial charge in [0, 0.05) is 37.0 Å². The van der Waals surface area contributed by atoms with Crippen molar-refractivity contribution in [2.75, 3.05) is 25.1 Å². The molecule has 0 saturated carbocycles. The third-order valence-corrected chi connectivity index (χ3v) is 3.79. The van der Waals surface area contributed by atoms with Crippen LogP contribution in [0.25, 0.3) is 6.08 Å². The fourth-order valence-corrected chi connectivity index (χ4v) is 2.70. The number of rotatable bonds is 5. The Morgan fingerprint density at radius 2 is 2.33 bits per heavy atom. The van der Waals surface area contributed by atoms with Gasteiger partial charge in [-0.05, 0) is 49.1 Å². The van der Waals surface area contributed by atoms with Crippen LogP contribution in [-0.2, 0) is 9.53 Å². The minimum Gasteiger partial charge on any atom is -0.478 e. The van der Waals surface area contributed by atoms with E-state index in [-0.39, 0.29) is 6.10 Å². The molecule has 1 atom stereocenters. The van der Waals surface area contributed by atoms with Gasteiger partial charge >= 0.3 is 5.97 Å². The van der Waals surface area contributed by atoms with E-state index >= 15 is 0 Å². The molecule has 0 spiro atoms. The minimum atomic E-state index is -0.973. The third-order valence-electron chi connectivity index (χ3n) is 3.56. The predicted molar refractivity (Wildman–Crippen MR) is 85.0 cm³/mol. The maximum atomic E-state index is 10.7. The highest BCUT2D eigenvalue weighted by molar-refractivity contribution is 6.30. The molecule has 5 heteroatoms. The number of anilines is 1. The van der Waals surface area contributed by atoms with E-state index in [1.54, 1.807) is 12.1 Å². The molecule has 1 saturated heterocycles. The molecule has 1 aliphatic rings. The lowest BCUT2D eigenvalue weighted by Gasteiger charge is -2.29. The van der Waals surface area contributed by atoms with Gasteiger partial charge in [0.1, 0.15) is 0 Å². The Hall–Kier alpha value is -1.52. The van der Waals surface area contributed by atoms with Crippen LogP contribution < -0.4 is 4.90 Å². The smallest absolute Gasteiger partial charge is 0.328 e. The Balaban J connectivity index is 2.14. The molecule has 4 nitrogen and oxygen atoms in total. The molecule has 1 unspecified atom stereocenters. The van der Waals surface area contributed by atoms with Crippen molar-refractivity contribution in [1.82, 2.24) is 0 Å². The molecule has 1 fully saturated rings. The summed E-state index contributed by atoms with van der Waals surface area (Å²) in [4.78, 5) is 12.8. The van der Waals surface area contributed by atoms with E-state index in [2.05, 4.69) is 4.90 Å². The van der Waals surface area contributed by atoms with Crippen LogP contribution in [0.1, 0.15) is 24.8 Å². The molecule has 0 amide bonds. The van der Waals surface area contributed by atoms with E-state index in [9.17, 15) is 4.79 Å². The first-order valence-electron chi connectivity index (χ1n) is 7.09. The van der Waals surface area contributed by atoms with Gasteiger partial charge in [-0.25, -0.2) is 4.79 Å². The molecular weight excluding hydrogens is 290 g/mol. The third kappa shape index (κ3) is 4.76. The number of benzene rings is 1.